The molecule has 2 aromatic rings. The molecule has 0 unspecified atom stereocenters. The van der Waals surface area contributed by atoms with E-state index in [0.29, 0.717) is 15.8 Å². The van der Waals surface area contributed by atoms with Gasteiger partial charge >= 0.3 is 0 Å². The Balaban J connectivity index is 2.44. The Morgan fingerprint density at radius 3 is 2.63 bits per heavy atom. The van der Waals surface area contributed by atoms with Gasteiger partial charge in [0.25, 0.3) is 0 Å². The molecule has 0 saturated carbocycles. The lowest BCUT2D eigenvalue weighted by Gasteiger charge is -2.14. The SMILES string of the molecule is Cc1cc(Cl)ccc1Nc1nccc(C)c1C(N)=S. The maximum atomic E-state index is 5.94. The molecule has 0 atom stereocenters. The van der Waals surface area contributed by atoms with Crippen molar-refractivity contribution in [1.82, 2.24) is 4.98 Å². The summed E-state index contributed by atoms with van der Waals surface area (Å²) in [5, 5.41) is 3.96. The van der Waals surface area contributed by atoms with Gasteiger partial charge in [-0.15, -0.1) is 0 Å². The van der Waals surface area contributed by atoms with E-state index < -0.39 is 0 Å². The third-order valence-electron chi connectivity index (χ3n) is 2.85. The molecule has 1 aromatic heterocycles. The molecule has 0 fully saturated rings. The second kappa shape index (κ2) is 5.55. The highest BCUT2D eigenvalue weighted by Crippen LogP contribution is 2.25. The minimum atomic E-state index is 0.333. The fourth-order valence-electron chi connectivity index (χ4n) is 1.86. The highest BCUT2D eigenvalue weighted by molar-refractivity contribution is 7.80. The first kappa shape index (κ1) is 13.8. The number of benzene rings is 1. The zero-order valence-corrected chi connectivity index (χ0v) is 12.3. The van der Waals surface area contributed by atoms with Gasteiger partial charge in [0.1, 0.15) is 10.8 Å². The van der Waals surface area contributed by atoms with E-state index in [-0.39, 0.29) is 0 Å². The molecule has 0 aliphatic rings. The van der Waals surface area contributed by atoms with Crippen LogP contribution in [0.2, 0.25) is 5.02 Å². The first-order valence-electron chi connectivity index (χ1n) is 5.77. The molecule has 0 saturated heterocycles. The molecular formula is C14H14ClN3S. The number of aromatic nitrogens is 1. The zero-order valence-electron chi connectivity index (χ0n) is 10.7. The largest absolute Gasteiger partial charge is 0.389 e. The number of nitrogens with two attached hydrogens (primary N) is 1. The van der Waals surface area contributed by atoms with Crippen LogP contribution in [-0.2, 0) is 0 Å². The van der Waals surface area contributed by atoms with Gasteiger partial charge in [0.05, 0.1) is 5.56 Å². The highest BCUT2D eigenvalue weighted by Gasteiger charge is 2.11. The van der Waals surface area contributed by atoms with Crippen molar-refractivity contribution in [1.29, 1.82) is 0 Å². The smallest absolute Gasteiger partial charge is 0.140 e. The van der Waals surface area contributed by atoms with Crippen molar-refractivity contribution in [3.63, 3.8) is 0 Å². The summed E-state index contributed by atoms with van der Waals surface area (Å²) in [7, 11) is 0. The van der Waals surface area contributed by atoms with Gasteiger partial charge in [-0.3, -0.25) is 0 Å². The van der Waals surface area contributed by atoms with Crippen molar-refractivity contribution in [2.75, 3.05) is 5.32 Å². The third kappa shape index (κ3) is 3.03. The van der Waals surface area contributed by atoms with Gasteiger partial charge in [0, 0.05) is 16.9 Å². The molecular weight excluding hydrogens is 278 g/mol. The summed E-state index contributed by atoms with van der Waals surface area (Å²) < 4.78 is 0. The predicted octanol–water partition coefficient (Wildman–Crippen LogP) is 3.73. The first-order valence-corrected chi connectivity index (χ1v) is 6.56. The summed E-state index contributed by atoms with van der Waals surface area (Å²) >= 11 is 11.0. The van der Waals surface area contributed by atoms with Crippen LogP contribution in [0.3, 0.4) is 0 Å². The lowest BCUT2D eigenvalue weighted by Crippen LogP contribution is -2.15. The van der Waals surface area contributed by atoms with Crippen LogP contribution in [0.15, 0.2) is 30.5 Å². The highest BCUT2D eigenvalue weighted by atomic mass is 35.5. The van der Waals surface area contributed by atoms with E-state index in [0.717, 1.165) is 22.4 Å². The summed E-state index contributed by atoms with van der Waals surface area (Å²) in [5.41, 5.74) is 9.49. The molecule has 19 heavy (non-hydrogen) atoms. The summed E-state index contributed by atoms with van der Waals surface area (Å²) in [4.78, 5) is 4.64. The summed E-state index contributed by atoms with van der Waals surface area (Å²) in [5.74, 6) is 0.665. The number of nitrogens with zero attached hydrogens (tertiary/aromatic N) is 1. The fraction of sp³-hybridized carbons (Fsp3) is 0.143. The average Bonchev–Trinajstić information content (AvgIpc) is 2.32. The fourth-order valence-corrected chi connectivity index (χ4v) is 2.34. The van der Waals surface area contributed by atoms with E-state index in [4.69, 9.17) is 29.6 Å². The number of hydrogen-bond acceptors (Lipinski definition) is 3. The zero-order chi connectivity index (χ0) is 14.0. The molecule has 0 spiro atoms. The van der Waals surface area contributed by atoms with E-state index in [1.54, 1.807) is 6.20 Å². The standard InChI is InChI=1S/C14H14ClN3S/c1-8-5-6-17-14(12(8)13(16)19)18-11-4-3-10(15)7-9(11)2/h3-7H,1-2H3,(H2,16,19)(H,17,18). The van der Waals surface area contributed by atoms with E-state index in [1.807, 2.05) is 38.1 Å². The molecule has 0 aliphatic heterocycles. The van der Waals surface area contributed by atoms with E-state index in [1.165, 1.54) is 0 Å². The summed E-state index contributed by atoms with van der Waals surface area (Å²) in [6.07, 6.45) is 1.73. The number of aryl methyl sites for hydroxylation is 2. The number of halogens is 1. The van der Waals surface area contributed by atoms with Crippen molar-refractivity contribution >= 4 is 40.3 Å². The van der Waals surface area contributed by atoms with E-state index in [9.17, 15) is 0 Å². The van der Waals surface area contributed by atoms with Gasteiger partial charge in [0.2, 0.25) is 0 Å². The van der Waals surface area contributed by atoms with Crippen LogP contribution in [-0.4, -0.2) is 9.97 Å². The van der Waals surface area contributed by atoms with Crippen LogP contribution in [0.25, 0.3) is 0 Å². The number of anilines is 2. The minimum absolute atomic E-state index is 0.333. The Kier molecular flexibility index (Phi) is 4.02. The predicted molar refractivity (Wildman–Crippen MR) is 84.3 cm³/mol. The second-order valence-corrected chi connectivity index (χ2v) is 5.18. The van der Waals surface area contributed by atoms with Gasteiger partial charge in [-0.2, -0.15) is 0 Å². The van der Waals surface area contributed by atoms with Crippen LogP contribution < -0.4 is 11.1 Å². The van der Waals surface area contributed by atoms with Crippen LogP contribution in [0.1, 0.15) is 16.7 Å². The molecule has 0 radical (unpaired) electrons. The second-order valence-electron chi connectivity index (χ2n) is 4.30. The van der Waals surface area contributed by atoms with Crippen molar-refractivity contribution in [2.45, 2.75) is 13.8 Å². The van der Waals surface area contributed by atoms with Crippen LogP contribution in [0, 0.1) is 13.8 Å². The first-order chi connectivity index (χ1) is 8.99. The molecule has 0 amide bonds. The lowest BCUT2D eigenvalue weighted by molar-refractivity contribution is 1.25. The van der Waals surface area contributed by atoms with Crippen LogP contribution in [0.5, 0.6) is 0 Å². The number of pyridine rings is 1. The van der Waals surface area contributed by atoms with Crippen LogP contribution in [0.4, 0.5) is 11.5 Å². The van der Waals surface area contributed by atoms with Crippen molar-refractivity contribution in [2.24, 2.45) is 5.73 Å². The molecule has 1 aromatic carbocycles. The number of thiocarbonyl (C=S) groups is 1. The Morgan fingerprint density at radius 1 is 1.26 bits per heavy atom. The maximum absolute atomic E-state index is 5.94. The Morgan fingerprint density at radius 2 is 2.00 bits per heavy atom. The summed E-state index contributed by atoms with van der Waals surface area (Å²) in [6.45, 7) is 3.93. The third-order valence-corrected chi connectivity index (χ3v) is 3.29. The number of nitrogens with one attached hydrogen (secondary N) is 1. The average molecular weight is 292 g/mol. The summed E-state index contributed by atoms with van der Waals surface area (Å²) in [6, 6.07) is 7.51. The normalized spacial score (nSPS) is 10.3. The Hall–Kier alpha value is -1.65. The van der Waals surface area contributed by atoms with Crippen molar-refractivity contribution in [3.05, 3.63) is 52.2 Å². The van der Waals surface area contributed by atoms with Gasteiger partial charge in [-0.05, 0) is 49.2 Å². The molecule has 5 heteroatoms. The Bertz CT molecular complexity index is 641. The van der Waals surface area contributed by atoms with Crippen LogP contribution >= 0.6 is 23.8 Å². The lowest BCUT2D eigenvalue weighted by atomic mass is 10.1. The molecule has 98 valence electrons. The quantitative estimate of drug-likeness (QED) is 0.846. The van der Waals surface area contributed by atoms with Crippen molar-refractivity contribution < 1.29 is 0 Å². The molecule has 3 N–H and O–H groups in total. The monoisotopic (exact) mass is 291 g/mol. The molecule has 0 bridgehead atoms. The molecule has 0 aliphatic carbocycles. The minimum Gasteiger partial charge on any atom is -0.389 e. The van der Waals surface area contributed by atoms with Crippen molar-refractivity contribution in [3.8, 4) is 0 Å². The van der Waals surface area contributed by atoms with E-state index >= 15 is 0 Å². The van der Waals surface area contributed by atoms with Gasteiger partial charge in [0.15, 0.2) is 0 Å². The van der Waals surface area contributed by atoms with Gasteiger partial charge in [-0.1, -0.05) is 23.8 Å². The number of rotatable bonds is 3. The van der Waals surface area contributed by atoms with E-state index in [2.05, 4.69) is 10.3 Å². The maximum Gasteiger partial charge on any atom is 0.140 e. The van der Waals surface area contributed by atoms with Gasteiger partial charge < -0.3 is 11.1 Å². The molecule has 1 heterocycles. The molecule has 2 rings (SSSR count). The molecule has 3 nitrogen and oxygen atoms in total. The Labute approximate surface area is 122 Å². The topological polar surface area (TPSA) is 50.9 Å². The number of hydrogen-bond donors (Lipinski definition) is 2. The van der Waals surface area contributed by atoms with Gasteiger partial charge in [-0.25, -0.2) is 4.98 Å².